The lowest BCUT2D eigenvalue weighted by molar-refractivity contribution is -0.123. The Balaban J connectivity index is 1.85. The van der Waals surface area contributed by atoms with E-state index in [9.17, 15) is 4.79 Å². The third-order valence-corrected chi connectivity index (χ3v) is 4.07. The summed E-state index contributed by atoms with van der Waals surface area (Å²) >= 11 is 15.3. The van der Waals surface area contributed by atoms with Gasteiger partial charge >= 0.3 is 0 Å². The predicted octanol–water partition coefficient (Wildman–Crippen LogP) is 4.76. The summed E-state index contributed by atoms with van der Waals surface area (Å²) in [6, 6.07) is 10.8. The predicted molar refractivity (Wildman–Crippen MR) is 92.7 cm³/mol. The van der Waals surface area contributed by atoms with Crippen molar-refractivity contribution in [1.29, 1.82) is 0 Å². The van der Waals surface area contributed by atoms with Crippen LogP contribution >= 0.6 is 39.1 Å². The zero-order chi connectivity index (χ0) is 16.1. The maximum atomic E-state index is 11.8. The molecule has 0 saturated heterocycles. The Morgan fingerprint density at radius 1 is 1.23 bits per heavy atom. The van der Waals surface area contributed by atoms with E-state index in [0.29, 0.717) is 22.3 Å². The van der Waals surface area contributed by atoms with Gasteiger partial charge in [0.1, 0.15) is 5.75 Å². The van der Waals surface area contributed by atoms with Gasteiger partial charge in [0.15, 0.2) is 6.61 Å². The van der Waals surface area contributed by atoms with Crippen LogP contribution in [0.5, 0.6) is 5.75 Å². The first-order chi connectivity index (χ1) is 10.5. The van der Waals surface area contributed by atoms with Gasteiger partial charge in [0.25, 0.3) is 5.91 Å². The van der Waals surface area contributed by atoms with Crippen LogP contribution in [0.2, 0.25) is 10.0 Å². The van der Waals surface area contributed by atoms with Gasteiger partial charge in [-0.25, -0.2) is 0 Å². The van der Waals surface area contributed by atoms with Crippen molar-refractivity contribution in [3.8, 4) is 5.75 Å². The smallest absolute Gasteiger partial charge is 0.258 e. The molecule has 116 valence electrons. The number of benzene rings is 2. The molecule has 6 heteroatoms. The second-order valence-electron chi connectivity index (χ2n) is 4.71. The minimum atomic E-state index is -0.215. The number of ether oxygens (including phenoxy) is 1. The zero-order valence-corrected chi connectivity index (χ0v) is 14.9. The van der Waals surface area contributed by atoms with E-state index in [4.69, 9.17) is 27.9 Å². The average molecular weight is 403 g/mol. The first kappa shape index (κ1) is 17.1. The summed E-state index contributed by atoms with van der Waals surface area (Å²) in [5.41, 5.74) is 1.77. The summed E-state index contributed by atoms with van der Waals surface area (Å²) in [5, 5.41) is 3.85. The highest BCUT2D eigenvalue weighted by atomic mass is 79.9. The fourth-order valence-corrected chi connectivity index (χ4v) is 2.78. The lowest BCUT2D eigenvalue weighted by Crippen LogP contribution is -2.28. The van der Waals surface area contributed by atoms with E-state index < -0.39 is 0 Å². The number of nitrogens with one attached hydrogen (secondary N) is 1. The van der Waals surface area contributed by atoms with Crippen LogP contribution in [0.15, 0.2) is 40.9 Å². The fourth-order valence-electron chi connectivity index (χ4n) is 1.83. The Kier molecular flexibility index (Phi) is 6.12. The van der Waals surface area contributed by atoms with Crippen molar-refractivity contribution >= 4 is 45.0 Å². The van der Waals surface area contributed by atoms with Crippen LogP contribution < -0.4 is 10.1 Å². The molecule has 0 aliphatic rings. The van der Waals surface area contributed by atoms with E-state index >= 15 is 0 Å². The van der Waals surface area contributed by atoms with Crippen LogP contribution in [-0.4, -0.2) is 12.5 Å². The van der Waals surface area contributed by atoms with E-state index in [1.807, 2.05) is 25.1 Å². The Labute approximate surface area is 147 Å². The van der Waals surface area contributed by atoms with Gasteiger partial charge < -0.3 is 10.1 Å². The molecule has 0 spiro atoms. The van der Waals surface area contributed by atoms with E-state index in [-0.39, 0.29) is 12.5 Å². The second kappa shape index (κ2) is 7.86. The quantitative estimate of drug-likeness (QED) is 0.782. The number of carbonyl (C=O) groups excluding carboxylic acids is 1. The van der Waals surface area contributed by atoms with Crippen molar-refractivity contribution < 1.29 is 9.53 Å². The number of aryl methyl sites for hydroxylation is 1. The first-order valence-corrected chi connectivity index (χ1v) is 8.10. The molecule has 1 N–H and O–H groups in total. The molecule has 22 heavy (non-hydrogen) atoms. The Morgan fingerprint density at radius 3 is 2.68 bits per heavy atom. The van der Waals surface area contributed by atoms with E-state index in [0.717, 1.165) is 15.6 Å². The average Bonchev–Trinajstić information content (AvgIpc) is 2.45. The molecule has 0 aromatic heterocycles. The molecule has 0 heterocycles. The molecule has 0 bridgehead atoms. The summed E-state index contributed by atoms with van der Waals surface area (Å²) in [4.78, 5) is 11.8. The van der Waals surface area contributed by atoms with Gasteiger partial charge in [0, 0.05) is 21.1 Å². The van der Waals surface area contributed by atoms with Crippen molar-refractivity contribution in [2.45, 2.75) is 13.5 Å². The topological polar surface area (TPSA) is 38.3 Å². The fraction of sp³-hybridized carbons (Fsp3) is 0.188. The van der Waals surface area contributed by atoms with Gasteiger partial charge in [-0.15, -0.1) is 0 Å². The zero-order valence-electron chi connectivity index (χ0n) is 11.8. The lowest BCUT2D eigenvalue weighted by atomic mass is 10.2. The van der Waals surface area contributed by atoms with Crippen molar-refractivity contribution in [3.05, 3.63) is 62.0 Å². The third-order valence-electron chi connectivity index (χ3n) is 2.99. The van der Waals surface area contributed by atoms with Crippen LogP contribution in [0, 0.1) is 6.92 Å². The van der Waals surface area contributed by atoms with E-state index in [1.165, 1.54) is 0 Å². The summed E-state index contributed by atoms with van der Waals surface area (Å²) in [6.45, 7) is 2.21. The van der Waals surface area contributed by atoms with Crippen molar-refractivity contribution in [3.63, 3.8) is 0 Å². The highest BCUT2D eigenvalue weighted by molar-refractivity contribution is 9.10. The number of carbonyl (C=O) groups is 1. The van der Waals surface area contributed by atoms with Gasteiger partial charge in [0.2, 0.25) is 0 Å². The molecule has 0 fully saturated rings. The maximum absolute atomic E-state index is 11.8. The summed E-state index contributed by atoms with van der Waals surface area (Å²) in [5.74, 6) is 0.469. The van der Waals surface area contributed by atoms with Gasteiger partial charge in [-0.3, -0.25) is 4.79 Å². The molecule has 0 aliphatic carbocycles. The molecule has 3 nitrogen and oxygen atoms in total. The Bertz CT molecular complexity index is 634. The van der Waals surface area contributed by atoms with Crippen molar-refractivity contribution in [2.24, 2.45) is 0 Å². The van der Waals surface area contributed by atoms with Crippen molar-refractivity contribution in [1.82, 2.24) is 5.32 Å². The molecule has 0 saturated carbocycles. The monoisotopic (exact) mass is 401 g/mol. The molecule has 2 aromatic rings. The van der Waals surface area contributed by atoms with Crippen LogP contribution in [0.4, 0.5) is 0 Å². The summed E-state index contributed by atoms with van der Waals surface area (Å²) in [7, 11) is 0. The molecule has 2 aromatic carbocycles. The van der Waals surface area contributed by atoms with Crippen LogP contribution in [0.1, 0.15) is 11.1 Å². The SMILES string of the molecule is Cc1cc(Br)ccc1OCC(=O)NCc1ccc(Cl)cc1Cl. The Hall–Kier alpha value is -1.23. The molecular formula is C16H14BrCl2NO2. The lowest BCUT2D eigenvalue weighted by Gasteiger charge is -2.10. The minimum Gasteiger partial charge on any atom is -0.484 e. The highest BCUT2D eigenvalue weighted by Crippen LogP contribution is 2.22. The van der Waals surface area contributed by atoms with E-state index in [2.05, 4.69) is 21.2 Å². The maximum Gasteiger partial charge on any atom is 0.258 e. The normalized spacial score (nSPS) is 10.4. The highest BCUT2D eigenvalue weighted by Gasteiger charge is 2.07. The first-order valence-electron chi connectivity index (χ1n) is 6.55. The van der Waals surface area contributed by atoms with E-state index in [1.54, 1.807) is 18.2 Å². The Morgan fingerprint density at radius 2 is 2.00 bits per heavy atom. The van der Waals surface area contributed by atoms with Crippen LogP contribution in [0.25, 0.3) is 0 Å². The number of halogens is 3. The molecular weight excluding hydrogens is 389 g/mol. The summed E-state index contributed by atoms with van der Waals surface area (Å²) < 4.78 is 6.48. The molecule has 0 radical (unpaired) electrons. The number of hydrogen-bond acceptors (Lipinski definition) is 2. The minimum absolute atomic E-state index is 0.0479. The largest absolute Gasteiger partial charge is 0.484 e. The second-order valence-corrected chi connectivity index (χ2v) is 6.47. The number of rotatable bonds is 5. The molecule has 1 amide bonds. The van der Waals surface area contributed by atoms with Gasteiger partial charge in [-0.1, -0.05) is 45.2 Å². The molecule has 0 unspecified atom stereocenters. The van der Waals surface area contributed by atoms with Crippen molar-refractivity contribution in [2.75, 3.05) is 6.61 Å². The third kappa shape index (κ3) is 4.90. The van der Waals surface area contributed by atoms with Gasteiger partial charge in [-0.2, -0.15) is 0 Å². The summed E-state index contributed by atoms with van der Waals surface area (Å²) in [6.07, 6.45) is 0. The van der Waals surface area contributed by atoms with Crippen LogP contribution in [0.3, 0.4) is 0 Å². The molecule has 0 atom stereocenters. The van der Waals surface area contributed by atoms with Gasteiger partial charge in [0.05, 0.1) is 0 Å². The van der Waals surface area contributed by atoms with Gasteiger partial charge in [-0.05, 0) is 48.4 Å². The molecule has 0 aliphatic heterocycles. The molecule has 2 rings (SSSR count). The number of amides is 1. The van der Waals surface area contributed by atoms with Crippen LogP contribution in [-0.2, 0) is 11.3 Å². The standard InChI is InChI=1S/C16H14BrCl2NO2/c1-10-6-12(17)3-5-15(10)22-9-16(21)20-8-11-2-4-13(18)7-14(11)19/h2-7H,8-9H2,1H3,(H,20,21). The number of hydrogen-bond donors (Lipinski definition) is 1.